The van der Waals surface area contributed by atoms with Gasteiger partial charge in [-0.15, -0.1) is 0 Å². The normalized spacial score (nSPS) is 15.6. The van der Waals surface area contributed by atoms with E-state index in [1.165, 1.54) is 6.20 Å². The van der Waals surface area contributed by atoms with Gasteiger partial charge in [-0.25, -0.2) is 0 Å². The third-order valence-corrected chi connectivity index (χ3v) is 2.06. The van der Waals surface area contributed by atoms with E-state index in [4.69, 9.17) is 15.7 Å². The lowest BCUT2D eigenvalue weighted by molar-refractivity contribution is 0.631. The SMILES string of the molecule is [2H]C([2H])([2H])n1ncc2c(NC(C)(C)C)nc(Cl)nc21. The fourth-order valence-electron chi connectivity index (χ4n) is 1.33. The highest BCUT2D eigenvalue weighted by Crippen LogP contribution is 2.23. The van der Waals surface area contributed by atoms with Crippen LogP contribution >= 0.6 is 11.6 Å². The lowest BCUT2D eigenvalue weighted by Crippen LogP contribution is -2.26. The molecular weight excluding hydrogens is 226 g/mol. The maximum absolute atomic E-state index is 7.40. The van der Waals surface area contributed by atoms with Crippen molar-refractivity contribution in [2.24, 2.45) is 6.98 Å². The van der Waals surface area contributed by atoms with Gasteiger partial charge in [0.2, 0.25) is 5.28 Å². The Kier molecular flexibility index (Phi) is 1.76. The van der Waals surface area contributed by atoms with Crippen LogP contribution in [-0.2, 0) is 6.98 Å². The Labute approximate surface area is 103 Å². The van der Waals surface area contributed by atoms with Gasteiger partial charge in [-0.2, -0.15) is 15.1 Å². The molecule has 0 aromatic carbocycles. The van der Waals surface area contributed by atoms with E-state index in [0.717, 1.165) is 4.68 Å². The van der Waals surface area contributed by atoms with E-state index in [1.807, 2.05) is 20.8 Å². The third-order valence-electron chi connectivity index (χ3n) is 1.89. The fraction of sp³-hybridized carbons (Fsp3) is 0.500. The Hall–Kier alpha value is -1.36. The minimum Gasteiger partial charge on any atom is -0.365 e. The molecule has 0 atom stereocenters. The van der Waals surface area contributed by atoms with Crippen LogP contribution in [0.2, 0.25) is 5.28 Å². The van der Waals surface area contributed by atoms with Crippen molar-refractivity contribution in [3.05, 3.63) is 11.5 Å². The monoisotopic (exact) mass is 242 g/mol. The number of rotatable bonds is 1. The number of hydrogen-bond donors (Lipinski definition) is 1. The smallest absolute Gasteiger partial charge is 0.226 e. The molecule has 5 nitrogen and oxygen atoms in total. The molecular formula is C10H14ClN5. The lowest BCUT2D eigenvalue weighted by atomic mass is 10.1. The summed E-state index contributed by atoms with van der Waals surface area (Å²) in [5.74, 6) is 0.470. The molecule has 0 saturated heterocycles. The average Bonchev–Trinajstić information content (AvgIpc) is 2.57. The van der Waals surface area contributed by atoms with Crippen molar-refractivity contribution in [1.82, 2.24) is 19.7 Å². The highest BCUT2D eigenvalue weighted by atomic mass is 35.5. The van der Waals surface area contributed by atoms with Crippen molar-refractivity contribution in [2.75, 3.05) is 5.32 Å². The maximum atomic E-state index is 7.40. The van der Waals surface area contributed by atoms with Crippen LogP contribution in [0, 0.1) is 0 Å². The molecule has 16 heavy (non-hydrogen) atoms. The number of halogens is 1. The molecule has 2 aromatic heterocycles. The molecule has 0 saturated carbocycles. The third kappa shape index (κ3) is 2.09. The summed E-state index contributed by atoms with van der Waals surface area (Å²) in [5, 5.41) is 7.51. The highest BCUT2D eigenvalue weighted by Gasteiger charge is 2.16. The minimum atomic E-state index is -2.40. The first-order valence-electron chi connectivity index (χ1n) is 6.28. The number of anilines is 1. The first-order valence-corrected chi connectivity index (χ1v) is 5.16. The quantitative estimate of drug-likeness (QED) is 0.780. The Morgan fingerprint density at radius 3 is 2.81 bits per heavy atom. The Morgan fingerprint density at radius 1 is 1.44 bits per heavy atom. The number of aryl methyl sites for hydroxylation is 1. The molecule has 0 fully saturated rings. The molecule has 0 radical (unpaired) electrons. The summed E-state index contributed by atoms with van der Waals surface area (Å²) in [6, 6.07) is 0. The minimum absolute atomic E-state index is 0.0229. The summed E-state index contributed by atoms with van der Waals surface area (Å²) < 4.78 is 23.1. The van der Waals surface area contributed by atoms with Crippen LogP contribution in [0.3, 0.4) is 0 Å². The molecule has 0 aliphatic heterocycles. The predicted octanol–water partition coefficient (Wildman–Crippen LogP) is 2.23. The number of nitrogens with one attached hydrogen (secondary N) is 1. The topological polar surface area (TPSA) is 55.6 Å². The molecule has 6 heteroatoms. The molecule has 2 rings (SSSR count). The summed E-state index contributed by atoms with van der Waals surface area (Å²) in [5.41, 5.74) is -0.0566. The van der Waals surface area contributed by atoms with Crippen molar-refractivity contribution in [1.29, 1.82) is 0 Å². The van der Waals surface area contributed by atoms with Gasteiger partial charge in [-0.05, 0) is 32.4 Å². The van der Waals surface area contributed by atoms with Gasteiger partial charge in [0.15, 0.2) is 5.65 Å². The van der Waals surface area contributed by atoms with Gasteiger partial charge in [0, 0.05) is 16.6 Å². The first kappa shape index (κ1) is 7.84. The van der Waals surface area contributed by atoms with E-state index in [0.29, 0.717) is 11.2 Å². The average molecular weight is 243 g/mol. The molecule has 0 aliphatic carbocycles. The van der Waals surface area contributed by atoms with Crippen LogP contribution in [0.5, 0.6) is 0 Å². The van der Waals surface area contributed by atoms with Crippen LogP contribution in [0.15, 0.2) is 6.20 Å². The highest BCUT2D eigenvalue weighted by molar-refractivity contribution is 6.28. The molecule has 0 bridgehead atoms. The molecule has 2 aromatic rings. The van der Waals surface area contributed by atoms with E-state index < -0.39 is 6.98 Å². The van der Waals surface area contributed by atoms with Crippen molar-refractivity contribution in [3.63, 3.8) is 0 Å². The summed E-state index contributed by atoms with van der Waals surface area (Å²) in [4.78, 5) is 8.04. The van der Waals surface area contributed by atoms with Gasteiger partial charge in [-0.1, -0.05) is 0 Å². The Bertz CT molecular complexity index is 614. The van der Waals surface area contributed by atoms with Crippen LogP contribution in [0.1, 0.15) is 24.9 Å². The molecule has 2 heterocycles. The number of aromatic nitrogens is 4. The zero-order valence-electron chi connectivity index (χ0n) is 12.2. The molecule has 1 N–H and O–H groups in total. The van der Waals surface area contributed by atoms with Gasteiger partial charge in [0.25, 0.3) is 0 Å². The van der Waals surface area contributed by atoms with Crippen molar-refractivity contribution < 1.29 is 4.11 Å². The number of hydrogen-bond acceptors (Lipinski definition) is 4. The van der Waals surface area contributed by atoms with Crippen LogP contribution < -0.4 is 5.32 Å². The standard InChI is InChI=1S/C10H14ClN5/c1-10(2,3)15-7-6-5-12-16(4)8(6)14-9(11)13-7/h5H,1-4H3,(H,13,14,15)/i4D3. The zero-order chi connectivity index (χ0) is 14.4. The Morgan fingerprint density at radius 2 is 2.19 bits per heavy atom. The zero-order valence-corrected chi connectivity index (χ0v) is 10.0. The van der Waals surface area contributed by atoms with E-state index >= 15 is 0 Å². The summed E-state index contributed by atoms with van der Waals surface area (Å²) in [6.45, 7) is 3.48. The largest absolute Gasteiger partial charge is 0.365 e. The molecule has 0 unspecified atom stereocenters. The number of fused-ring (bicyclic) bond motifs is 1. The number of nitrogens with zero attached hydrogens (tertiary/aromatic N) is 4. The summed E-state index contributed by atoms with van der Waals surface area (Å²) in [6.07, 6.45) is 1.42. The molecule has 0 amide bonds. The maximum Gasteiger partial charge on any atom is 0.226 e. The van der Waals surface area contributed by atoms with Gasteiger partial charge in [0.05, 0.1) is 11.6 Å². The van der Waals surface area contributed by atoms with E-state index in [2.05, 4.69) is 20.4 Å². The fourth-order valence-corrected chi connectivity index (χ4v) is 1.50. The summed E-state index contributed by atoms with van der Waals surface area (Å²) >= 11 is 5.84. The lowest BCUT2D eigenvalue weighted by Gasteiger charge is -2.21. The first-order chi connectivity index (χ1) is 8.58. The predicted molar refractivity (Wildman–Crippen MR) is 64.7 cm³/mol. The summed E-state index contributed by atoms with van der Waals surface area (Å²) in [7, 11) is 0. The second-order valence-electron chi connectivity index (χ2n) is 4.51. The molecule has 0 spiro atoms. The van der Waals surface area contributed by atoms with Gasteiger partial charge < -0.3 is 5.32 Å². The van der Waals surface area contributed by atoms with Crippen molar-refractivity contribution in [3.8, 4) is 0 Å². The van der Waals surface area contributed by atoms with Gasteiger partial charge in [-0.3, -0.25) is 4.68 Å². The van der Waals surface area contributed by atoms with Gasteiger partial charge >= 0.3 is 0 Å². The van der Waals surface area contributed by atoms with E-state index in [9.17, 15) is 0 Å². The van der Waals surface area contributed by atoms with E-state index in [-0.39, 0.29) is 16.5 Å². The van der Waals surface area contributed by atoms with Crippen LogP contribution in [0.25, 0.3) is 11.0 Å². The van der Waals surface area contributed by atoms with Gasteiger partial charge in [0.1, 0.15) is 5.82 Å². The van der Waals surface area contributed by atoms with Crippen molar-refractivity contribution in [2.45, 2.75) is 26.3 Å². The Balaban J connectivity index is 2.65. The van der Waals surface area contributed by atoms with Crippen LogP contribution in [0.4, 0.5) is 5.82 Å². The van der Waals surface area contributed by atoms with Crippen molar-refractivity contribution >= 4 is 28.5 Å². The second kappa shape index (κ2) is 3.59. The molecule has 86 valence electrons. The molecule has 0 aliphatic rings. The van der Waals surface area contributed by atoms with Crippen LogP contribution in [-0.4, -0.2) is 25.3 Å². The van der Waals surface area contributed by atoms with E-state index in [1.54, 1.807) is 0 Å². The second-order valence-corrected chi connectivity index (χ2v) is 4.85.